The van der Waals surface area contributed by atoms with E-state index in [1.807, 2.05) is 27.7 Å². The van der Waals surface area contributed by atoms with Gasteiger partial charge in [0, 0.05) is 23.0 Å². The summed E-state index contributed by atoms with van der Waals surface area (Å²) in [5.74, 6) is 1.62. The second kappa shape index (κ2) is 14.3. The minimum atomic E-state index is 0.490. The number of ether oxygens (including phenoxy) is 6. The van der Waals surface area contributed by atoms with Gasteiger partial charge < -0.3 is 28.4 Å². The lowest BCUT2D eigenvalue weighted by Crippen LogP contribution is -2.13. The quantitative estimate of drug-likeness (QED) is 0.413. The summed E-state index contributed by atoms with van der Waals surface area (Å²) in [6, 6.07) is 0. The smallest absolute Gasteiger partial charge is 0.175 e. The molecule has 0 unspecified atom stereocenters. The average molecular weight is 377 g/mol. The van der Waals surface area contributed by atoms with Crippen molar-refractivity contribution in [2.45, 2.75) is 27.7 Å². The van der Waals surface area contributed by atoms with Crippen LogP contribution in [0.15, 0.2) is 0 Å². The summed E-state index contributed by atoms with van der Waals surface area (Å²) in [4.78, 5) is 2.22. The summed E-state index contributed by atoms with van der Waals surface area (Å²) in [5.41, 5.74) is 0. The van der Waals surface area contributed by atoms with E-state index >= 15 is 0 Å². The standard InChI is InChI=1S/C18H32O6S/c1-5-19-7-9-21-11-13-23-17-15(3)25-16(4)18(17)24-14-12-22-10-8-20-6-2/h5-14H2,1-4H3. The van der Waals surface area contributed by atoms with Gasteiger partial charge in [-0.25, -0.2) is 0 Å². The fourth-order valence-corrected chi connectivity index (χ4v) is 3.06. The largest absolute Gasteiger partial charge is 0.486 e. The molecule has 7 heteroatoms. The van der Waals surface area contributed by atoms with E-state index in [4.69, 9.17) is 28.4 Å². The van der Waals surface area contributed by atoms with Crippen LogP contribution in [0.4, 0.5) is 0 Å². The molecule has 1 aromatic heterocycles. The molecule has 0 atom stereocenters. The minimum absolute atomic E-state index is 0.490. The molecule has 146 valence electrons. The molecule has 0 radical (unpaired) electrons. The van der Waals surface area contributed by atoms with Crippen molar-refractivity contribution in [3.05, 3.63) is 9.75 Å². The summed E-state index contributed by atoms with van der Waals surface area (Å²) in [7, 11) is 0. The first-order valence-electron chi connectivity index (χ1n) is 8.87. The average Bonchev–Trinajstić information content (AvgIpc) is 2.86. The molecule has 0 spiro atoms. The zero-order valence-corrected chi connectivity index (χ0v) is 16.7. The number of aryl methyl sites for hydroxylation is 2. The summed E-state index contributed by atoms with van der Waals surface area (Å²) < 4.78 is 33.1. The first-order chi connectivity index (χ1) is 12.2. The predicted octanol–water partition coefficient (Wildman–Crippen LogP) is 3.23. The maximum Gasteiger partial charge on any atom is 0.175 e. The molecule has 0 aliphatic carbocycles. The lowest BCUT2D eigenvalue weighted by molar-refractivity contribution is 0.0369. The van der Waals surface area contributed by atoms with E-state index in [2.05, 4.69) is 0 Å². The van der Waals surface area contributed by atoms with Crippen molar-refractivity contribution in [3.63, 3.8) is 0 Å². The van der Waals surface area contributed by atoms with Gasteiger partial charge in [0.25, 0.3) is 0 Å². The van der Waals surface area contributed by atoms with Crippen LogP contribution in [0.2, 0.25) is 0 Å². The molecule has 0 aromatic carbocycles. The van der Waals surface area contributed by atoms with Crippen molar-refractivity contribution in [3.8, 4) is 11.5 Å². The lowest BCUT2D eigenvalue weighted by atomic mass is 10.4. The molecular weight excluding hydrogens is 344 g/mol. The molecule has 0 aliphatic rings. The van der Waals surface area contributed by atoms with Gasteiger partial charge in [0.05, 0.1) is 39.6 Å². The van der Waals surface area contributed by atoms with Crippen molar-refractivity contribution in [2.75, 3.05) is 66.1 Å². The Hall–Kier alpha value is -0.860. The second-order valence-corrected chi connectivity index (χ2v) is 6.62. The van der Waals surface area contributed by atoms with Crippen LogP contribution < -0.4 is 9.47 Å². The van der Waals surface area contributed by atoms with Crippen LogP contribution in [0.5, 0.6) is 11.5 Å². The summed E-state index contributed by atoms with van der Waals surface area (Å²) in [6.45, 7) is 13.9. The van der Waals surface area contributed by atoms with Gasteiger partial charge in [0.15, 0.2) is 11.5 Å². The Kier molecular flexibility index (Phi) is 12.7. The first-order valence-corrected chi connectivity index (χ1v) is 9.68. The Balaban J connectivity index is 2.27. The molecular formula is C18H32O6S. The predicted molar refractivity (Wildman–Crippen MR) is 99.4 cm³/mol. The highest BCUT2D eigenvalue weighted by Crippen LogP contribution is 2.41. The molecule has 1 heterocycles. The second-order valence-electron chi connectivity index (χ2n) is 5.19. The SMILES string of the molecule is CCOCCOCCOc1c(C)sc(C)c1OCCOCCOCC. The van der Waals surface area contributed by atoms with E-state index in [0.717, 1.165) is 21.3 Å². The van der Waals surface area contributed by atoms with Crippen molar-refractivity contribution in [2.24, 2.45) is 0 Å². The van der Waals surface area contributed by atoms with Crippen molar-refractivity contribution >= 4 is 11.3 Å². The molecule has 0 N–H and O–H groups in total. The summed E-state index contributed by atoms with van der Waals surface area (Å²) in [5, 5.41) is 0. The number of thiophene rings is 1. The Labute approximate surface area is 155 Å². The molecule has 1 rings (SSSR count). The third kappa shape index (κ3) is 9.42. The number of hydrogen-bond acceptors (Lipinski definition) is 7. The normalized spacial score (nSPS) is 11.0. The van der Waals surface area contributed by atoms with Crippen LogP contribution in [-0.4, -0.2) is 66.1 Å². The summed E-state index contributed by atoms with van der Waals surface area (Å²) in [6.07, 6.45) is 0. The molecule has 25 heavy (non-hydrogen) atoms. The van der Waals surface area contributed by atoms with Crippen LogP contribution in [0.1, 0.15) is 23.6 Å². The van der Waals surface area contributed by atoms with Crippen LogP contribution in [0.3, 0.4) is 0 Å². The molecule has 1 aromatic rings. The minimum Gasteiger partial charge on any atom is -0.486 e. The van der Waals surface area contributed by atoms with E-state index in [-0.39, 0.29) is 0 Å². The molecule has 0 fully saturated rings. The third-order valence-corrected chi connectivity index (χ3v) is 4.24. The lowest BCUT2D eigenvalue weighted by Gasteiger charge is -2.12. The molecule has 0 saturated heterocycles. The van der Waals surface area contributed by atoms with Gasteiger partial charge in [-0.15, -0.1) is 11.3 Å². The number of hydrogen-bond donors (Lipinski definition) is 0. The highest BCUT2D eigenvalue weighted by Gasteiger charge is 2.16. The van der Waals surface area contributed by atoms with Gasteiger partial charge in [0.2, 0.25) is 0 Å². The van der Waals surface area contributed by atoms with Crippen molar-refractivity contribution in [1.82, 2.24) is 0 Å². The van der Waals surface area contributed by atoms with E-state index < -0.39 is 0 Å². The van der Waals surface area contributed by atoms with Gasteiger partial charge >= 0.3 is 0 Å². The van der Waals surface area contributed by atoms with Crippen LogP contribution in [0.25, 0.3) is 0 Å². The van der Waals surface area contributed by atoms with Crippen molar-refractivity contribution < 1.29 is 28.4 Å². The topological polar surface area (TPSA) is 55.4 Å². The Morgan fingerprint density at radius 3 is 1.32 bits per heavy atom. The zero-order valence-electron chi connectivity index (χ0n) is 15.9. The fraction of sp³-hybridized carbons (Fsp3) is 0.778. The van der Waals surface area contributed by atoms with Crippen molar-refractivity contribution in [1.29, 1.82) is 0 Å². The van der Waals surface area contributed by atoms with E-state index in [1.165, 1.54) is 0 Å². The molecule has 0 amide bonds. The molecule has 0 bridgehead atoms. The Morgan fingerprint density at radius 2 is 0.920 bits per heavy atom. The molecule has 0 saturated carbocycles. The van der Waals surface area contributed by atoms with E-state index in [1.54, 1.807) is 11.3 Å². The van der Waals surface area contributed by atoms with Crippen LogP contribution in [-0.2, 0) is 18.9 Å². The van der Waals surface area contributed by atoms with Gasteiger partial charge in [0.1, 0.15) is 13.2 Å². The summed E-state index contributed by atoms with van der Waals surface area (Å²) >= 11 is 1.67. The van der Waals surface area contributed by atoms with Crippen LogP contribution >= 0.6 is 11.3 Å². The third-order valence-electron chi connectivity index (χ3n) is 3.25. The highest BCUT2D eigenvalue weighted by atomic mass is 32.1. The van der Waals surface area contributed by atoms with Gasteiger partial charge in [-0.1, -0.05) is 0 Å². The maximum absolute atomic E-state index is 5.86. The molecule has 0 aliphatic heterocycles. The van der Waals surface area contributed by atoms with Gasteiger partial charge in [-0.3, -0.25) is 0 Å². The molecule has 6 nitrogen and oxygen atoms in total. The Bertz CT molecular complexity index is 411. The maximum atomic E-state index is 5.86. The zero-order chi connectivity index (χ0) is 18.3. The van der Waals surface area contributed by atoms with Gasteiger partial charge in [-0.2, -0.15) is 0 Å². The first kappa shape index (κ1) is 22.2. The van der Waals surface area contributed by atoms with E-state index in [0.29, 0.717) is 66.1 Å². The van der Waals surface area contributed by atoms with E-state index in [9.17, 15) is 0 Å². The van der Waals surface area contributed by atoms with Crippen LogP contribution in [0, 0.1) is 13.8 Å². The monoisotopic (exact) mass is 376 g/mol. The number of rotatable bonds is 16. The fourth-order valence-electron chi connectivity index (χ4n) is 2.11. The Morgan fingerprint density at radius 1 is 0.560 bits per heavy atom. The highest BCUT2D eigenvalue weighted by molar-refractivity contribution is 7.12. The van der Waals surface area contributed by atoms with Gasteiger partial charge in [-0.05, 0) is 27.7 Å².